The van der Waals surface area contributed by atoms with E-state index in [2.05, 4.69) is 35.2 Å². The van der Waals surface area contributed by atoms with Crippen LogP contribution in [0.25, 0.3) is 0 Å². The normalized spacial score (nSPS) is 17.8. The summed E-state index contributed by atoms with van der Waals surface area (Å²) in [4.78, 5) is 17.4. The number of methoxy groups -OCH3 is 1. The average molecular weight is 409 g/mol. The number of rotatable bonds is 7. The first-order chi connectivity index (χ1) is 14.7. The molecule has 2 heterocycles. The molecule has 0 radical (unpaired) electrons. The quantitative estimate of drug-likeness (QED) is 0.694. The second-order valence-electron chi connectivity index (χ2n) is 8.26. The molecule has 2 fully saturated rings. The highest BCUT2D eigenvalue weighted by Gasteiger charge is 2.26. The Morgan fingerprint density at radius 3 is 2.43 bits per heavy atom. The molecule has 0 bridgehead atoms. The van der Waals surface area contributed by atoms with Crippen molar-refractivity contribution in [2.45, 2.75) is 38.2 Å². The van der Waals surface area contributed by atoms with E-state index in [4.69, 9.17) is 9.47 Å². The Labute approximate surface area is 179 Å². The van der Waals surface area contributed by atoms with Crippen molar-refractivity contribution in [1.29, 1.82) is 0 Å². The fourth-order valence-corrected chi connectivity index (χ4v) is 4.36. The van der Waals surface area contributed by atoms with Crippen molar-refractivity contribution in [2.75, 3.05) is 39.8 Å². The van der Waals surface area contributed by atoms with E-state index in [1.54, 1.807) is 7.11 Å². The van der Waals surface area contributed by atoms with E-state index in [1.807, 2.05) is 23.1 Å². The number of hydrogen-bond acceptors (Lipinski definition) is 4. The molecule has 0 atom stereocenters. The molecule has 4 rings (SSSR count). The highest BCUT2D eigenvalue weighted by Crippen LogP contribution is 2.29. The summed E-state index contributed by atoms with van der Waals surface area (Å²) in [5.41, 5.74) is 2.04. The van der Waals surface area contributed by atoms with Crippen LogP contribution in [0.3, 0.4) is 0 Å². The molecule has 0 N–H and O–H groups in total. The molecule has 1 amide bonds. The van der Waals surface area contributed by atoms with Gasteiger partial charge in [-0.15, -0.1) is 0 Å². The highest BCUT2D eigenvalue weighted by molar-refractivity contribution is 5.97. The van der Waals surface area contributed by atoms with Gasteiger partial charge in [-0.2, -0.15) is 0 Å². The summed E-state index contributed by atoms with van der Waals surface area (Å²) >= 11 is 0. The van der Waals surface area contributed by atoms with E-state index in [1.165, 1.54) is 5.56 Å². The van der Waals surface area contributed by atoms with Gasteiger partial charge in [0.25, 0.3) is 5.91 Å². The average Bonchev–Trinajstić information content (AvgIpc) is 3.34. The summed E-state index contributed by atoms with van der Waals surface area (Å²) in [6.45, 7) is 4.80. The van der Waals surface area contributed by atoms with Gasteiger partial charge in [0.15, 0.2) is 0 Å². The molecule has 0 saturated carbocycles. The van der Waals surface area contributed by atoms with Crippen molar-refractivity contribution in [3.8, 4) is 11.5 Å². The maximum absolute atomic E-state index is 13.0. The van der Waals surface area contributed by atoms with Gasteiger partial charge < -0.3 is 19.3 Å². The number of nitrogens with zero attached hydrogens (tertiary/aromatic N) is 2. The van der Waals surface area contributed by atoms with Gasteiger partial charge in [-0.25, -0.2) is 0 Å². The third-order valence-electron chi connectivity index (χ3n) is 6.20. The first kappa shape index (κ1) is 20.7. The van der Waals surface area contributed by atoms with E-state index in [0.29, 0.717) is 11.3 Å². The van der Waals surface area contributed by atoms with Crippen LogP contribution in [-0.4, -0.2) is 61.6 Å². The number of benzene rings is 2. The number of carbonyl (C=O) groups excluding carboxylic acids is 1. The van der Waals surface area contributed by atoms with E-state index in [9.17, 15) is 4.79 Å². The summed E-state index contributed by atoms with van der Waals surface area (Å²) in [7, 11) is 1.65. The van der Waals surface area contributed by atoms with Gasteiger partial charge in [-0.1, -0.05) is 30.3 Å². The summed E-state index contributed by atoms with van der Waals surface area (Å²) < 4.78 is 11.7. The molecule has 0 spiro atoms. The minimum absolute atomic E-state index is 0.0745. The van der Waals surface area contributed by atoms with Crippen molar-refractivity contribution < 1.29 is 14.3 Å². The van der Waals surface area contributed by atoms with Crippen molar-refractivity contribution in [3.05, 3.63) is 59.7 Å². The van der Waals surface area contributed by atoms with E-state index in [-0.39, 0.29) is 12.0 Å². The molecule has 5 nitrogen and oxygen atoms in total. The minimum atomic E-state index is 0.0745. The standard InChI is InChI=1S/C25H32N2O3/c1-29-22-9-10-23(25(28)27-14-5-6-15-27)24(19-22)30-21-12-17-26(18-13-21)16-11-20-7-3-2-4-8-20/h2-4,7-10,19,21H,5-6,11-18H2,1H3. The zero-order valence-electron chi connectivity index (χ0n) is 17.9. The molecule has 0 aliphatic carbocycles. The van der Waals surface area contributed by atoms with Gasteiger partial charge in [0.05, 0.1) is 12.7 Å². The molecule has 0 aromatic heterocycles. The second kappa shape index (κ2) is 9.98. The molecule has 0 unspecified atom stereocenters. The van der Waals surface area contributed by atoms with Crippen LogP contribution in [0.5, 0.6) is 11.5 Å². The summed E-state index contributed by atoms with van der Waals surface area (Å²) in [5, 5.41) is 0. The van der Waals surface area contributed by atoms with Crippen LogP contribution < -0.4 is 9.47 Å². The van der Waals surface area contributed by atoms with Crippen LogP contribution >= 0.6 is 0 Å². The van der Waals surface area contributed by atoms with Crippen LogP contribution in [0.4, 0.5) is 0 Å². The van der Waals surface area contributed by atoms with E-state index in [0.717, 1.165) is 70.6 Å². The monoisotopic (exact) mass is 408 g/mol. The third-order valence-corrected chi connectivity index (χ3v) is 6.20. The number of hydrogen-bond donors (Lipinski definition) is 0. The Morgan fingerprint density at radius 2 is 1.73 bits per heavy atom. The molecule has 2 saturated heterocycles. The summed E-state index contributed by atoms with van der Waals surface area (Å²) in [5.74, 6) is 1.46. The van der Waals surface area contributed by atoms with E-state index < -0.39 is 0 Å². The molecule has 30 heavy (non-hydrogen) atoms. The Hall–Kier alpha value is -2.53. The molecular formula is C25H32N2O3. The van der Waals surface area contributed by atoms with Crippen LogP contribution in [0.1, 0.15) is 41.6 Å². The van der Waals surface area contributed by atoms with Crippen LogP contribution in [0, 0.1) is 0 Å². The van der Waals surface area contributed by atoms with Crippen molar-refractivity contribution >= 4 is 5.91 Å². The number of amides is 1. The molecule has 2 aromatic rings. The van der Waals surface area contributed by atoms with Gasteiger partial charge in [-0.05, 0) is 49.8 Å². The smallest absolute Gasteiger partial charge is 0.257 e. The van der Waals surface area contributed by atoms with Crippen LogP contribution in [0.15, 0.2) is 48.5 Å². The lowest BCUT2D eigenvalue weighted by Gasteiger charge is -2.32. The topological polar surface area (TPSA) is 42.0 Å². The Morgan fingerprint density at radius 1 is 1.00 bits per heavy atom. The second-order valence-corrected chi connectivity index (χ2v) is 8.26. The Bertz CT molecular complexity index is 826. The fourth-order valence-electron chi connectivity index (χ4n) is 4.36. The number of piperidine rings is 1. The predicted octanol–water partition coefficient (Wildman–Crippen LogP) is 4.02. The lowest BCUT2D eigenvalue weighted by atomic mass is 10.1. The number of carbonyl (C=O) groups is 1. The van der Waals surface area contributed by atoms with Crippen molar-refractivity contribution in [1.82, 2.24) is 9.80 Å². The lowest BCUT2D eigenvalue weighted by molar-refractivity contribution is 0.0768. The Kier molecular flexibility index (Phi) is 6.90. The Balaban J connectivity index is 1.35. The first-order valence-corrected chi connectivity index (χ1v) is 11.1. The van der Waals surface area contributed by atoms with Crippen LogP contribution in [0.2, 0.25) is 0 Å². The molecule has 5 heteroatoms. The van der Waals surface area contributed by atoms with Crippen molar-refractivity contribution in [2.24, 2.45) is 0 Å². The summed E-state index contributed by atoms with van der Waals surface area (Å²) in [6, 6.07) is 16.2. The van der Waals surface area contributed by atoms with E-state index >= 15 is 0 Å². The molecular weight excluding hydrogens is 376 g/mol. The van der Waals surface area contributed by atoms with Gasteiger partial charge in [0.2, 0.25) is 0 Å². The van der Waals surface area contributed by atoms with Gasteiger partial charge in [-0.3, -0.25) is 4.79 Å². The largest absolute Gasteiger partial charge is 0.497 e. The molecule has 2 aliphatic heterocycles. The summed E-state index contributed by atoms with van der Waals surface area (Å²) in [6.07, 6.45) is 5.33. The zero-order chi connectivity index (χ0) is 20.8. The lowest BCUT2D eigenvalue weighted by Crippen LogP contribution is -2.39. The van der Waals surface area contributed by atoms with Gasteiger partial charge in [0, 0.05) is 38.8 Å². The maximum Gasteiger partial charge on any atom is 0.257 e. The highest BCUT2D eigenvalue weighted by atomic mass is 16.5. The van der Waals surface area contributed by atoms with Crippen molar-refractivity contribution in [3.63, 3.8) is 0 Å². The molecule has 160 valence electrons. The zero-order valence-corrected chi connectivity index (χ0v) is 17.9. The predicted molar refractivity (Wildman–Crippen MR) is 118 cm³/mol. The first-order valence-electron chi connectivity index (χ1n) is 11.1. The maximum atomic E-state index is 13.0. The van der Waals surface area contributed by atoms with Crippen LogP contribution in [-0.2, 0) is 6.42 Å². The number of ether oxygens (including phenoxy) is 2. The SMILES string of the molecule is COc1ccc(C(=O)N2CCCC2)c(OC2CCN(CCc3ccccc3)CC2)c1. The molecule has 2 aromatic carbocycles. The van der Waals surface area contributed by atoms with Gasteiger partial charge >= 0.3 is 0 Å². The molecule has 2 aliphatic rings. The minimum Gasteiger partial charge on any atom is -0.497 e. The number of likely N-dealkylation sites (tertiary alicyclic amines) is 2. The fraction of sp³-hybridized carbons (Fsp3) is 0.480. The van der Waals surface area contributed by atoms with Gasteiger partial charge in [0.1, 0.15) is 17.6 Å². The third kappa shape index (κ3) is 5.14.